The number of hydrogen-bond acceptors (Lipinski definition) is 3. The minimum absolute atomic E-state index is 0.111. The number of fused-ring (bicyclic) bond motifs is 1. The summed E-state index contributed by atoms with van der Waals surface area (Å²) in [5, 5.41) is 14.4. The fraction of sp³-hybridized carbons (Fsp3) is 0. The molecule has 0 atom stereocenters. The third-order valence-corrected chi connectivity index (χ3v) is 3.17. The molecule has 0 aliphatic carbocycles. The van der Waals surface area contributed by atoms with Crippen molar-refractivity contribution in [3.8, 4) is 0 Å². The van der Waals surface area contributed by atoms with Gasteiger partial charge in [0.1, 0.15) is 0 Å². The van der Waals surface area contributed by atoms with E-state index in [-0.39, 0.29) is 5.91 Å². The molecule has 0 aliphatic rings. The van der Waals surface area contributed by atoms with E-state index in [1.54, 1.807) is 29.7 Å². The van der Waals surface area contributed by atoms with E-state index in [4.69, 9.17) is 0 Å². The van der Waals surface area contributed by atoms with Crippen LogP contribution in [0, 0.1) is 0 Å². The lowest BCUT2D eigenvalue weighted by Gasteiger charge is -2.02. The standard InChI is InChI=1S/C12H9N3OS/c16-12(14-10-3-4-17-7-10)8-1-2-9-6-13-15-11(9)5-8/h1-7H,(H,13,15)(H,14,16). The van der Waals surface area contributed by atoms with E-state index in [1.165, 1.54) is 0 Å². The van der Waals surface area contributed by atoms with Crippen LogP contribution in [0.15, 0.2) is 41.2 Å². The van der Waals surface area contributed by atoms with E-state index in [0.29, 0.717) is 5.56 Å². The number of aromatic amines is 1. The van der Waals surface area contributed by atoms with Gasteiger partial charge >= 0.3 is 0 Å². The second-order valence-electron chi connectivity index (χ2n) is 3.64. The molecule has 0 fully saturated rings. The molecule has 0 unspecified atom stereocenters. The number of thiophene rings is 1. The Balaban J connectivity index is 1.90. The number of hydrogen-bond donors (Lipinski definition) is 2. The van der Waals surface area contributed by atoms with Crippen LogP contribution in [0.5, 0.6) is 0 Å². The Morgan fingerprint density at radius 3 is 3.12 bits per heavy atom. The maximum Gasteiger partial charge on any atom is 0.255 e. The van der Waals surface area contributed by atoms with Gasteiger partial charge in [-0.25, -0.2) is 0 Å². The van der Waals surface area contributed by atoms with Crippen molar-refractivity contribution < 1.29 is 4.79 Å². The van der Waals surface area contributed by atoms with Crippen LogP contribution in [0.4, 0.5) is 5.69 Å². The van der Waals surface area contributed by atoms with E-state index in [1.807, 2.05) is 22.9 Å². The SMILES string of the molecule is O=C(Nc1ccsc1)c1ccc2cn[nH]c2c1. The molecule has 3 rings (SSSR count). The van der Waals surface area contributed by atoms with Crippen LogP contribution >= 0.6 is 11.3 Å². The Hall–Kier alpha value is -2.14. The van der Waals surface area contributed by atoms with Gasteiger partial charge in [0.05, 0.1) is 17.4 Å². The van der Waals surface area contributed by atoms with Crippen molar-refractivity contribution >= 4 is 33.8 Å². The fourth-order valence-electron chi connectivity index (χ4n) is 1.62. The summed E-state index contributed by atoms with van der Waals surface area (Å²) < 4.78 is 0. The van der Waals surface area contributed by atoms with Crippen LogP contribution in [-0.2, 0) is 0 Å². The maximum absolute atomic E-state index is 11.9. The van der Waals surface area contributed by atoms with E-state index in [2.05, 4.69) is 15.5 Å². The third-order valence-electron chi connectivity index (χ3n) is 2.48. The zero-order valence-corrected chi connectivity index (χ0v) is 9.62. The molecule has 2 heterocycles. The lowest BCUT2D eigenvalue weighted by molar-refractivity contribution is 0.102. The molecule has 0 saturated heterocycles. The number of rotatable bonds is 2. The van der Waals surface area contributed by atoms with Gasteiger partial charge < -0.3 is 5.32 Å². The molecule has 2 N–H and O–H groups in total. The van der Waals surface area contributed by atoms with Crippen LogP contribution in [0.25, 0.3) is 10.9 Å². The molecule has 2 aromatic heterocycles. The summed E-state index contributed by atoms with van der Waals surface area (Å²) >= 11 is 1.55. The van der Waals surface area contributed by atoms with E-state index in [0.717, 1.165) is 16.6 Å². The maximum atomic E-state index is 11.9. The van der Waals surface area contributed by atoms with Gasteiger partial charge in [-0.05, 0) is 23.6 Å². The zero-order valence-electron chi connectivity index (χ0n) is 8.81. The number of nitrogens with zero attached hydrogens (tertiary/aromatic N) is 1. The number of carbonyl (C=O) groups is 1. The number of amides is 1. The quantitative estimate of drug-likeness (QED) is 0.727. The highest BCUT2D eigenvalue weighted by atomic mass is 32.1. The molecule has 3 aromatic rings. The van der Waals surface area contributed by atoms with Crippen molar-refractivity contribution in [1.29, 1.82) is 0 Å². The van der Waals surface area contributed by atoms with Crippen molar-refractivity contribution in [3.05, 3.63) is 46.8 Å². The number of H-pyrrole nitrogens is 1. The first-order chi connectivity index (χ1) is 8.33. The third kappa shape index (κ3) is 1.92. The highest BCUT2D eigenvalue weighted by Gasteiger charge is 2.07. The summed E-state index contributed by atoms with van der Waals surface area (Å²) in [4.78, 5) is 11.9. The highest BCUT2D eigenvalue weighted by molar-refractivity contribution is 7.08. The minimum atomic E-state index is -0.111. The first-order valence-electron chi connectivity index (χ1n) is 5.09. The molecule has 0 bridgehead atoms. The average Bonchev–Trinajstić information content (AvgIpc) is 2.97. The Labute approximate surface area is 101 Å². The van der Waals surface area contributed by atoms with Crippen molar-refractivity contribution in [2.75, 3.05) is 5.32 Å². The smallest absolute Gasteiger partial charge is 0.255 e. The Morgan fingerprint density at radius 1 is 1.35 bits per heavy atom. The normalized spacial score (nSPS) is 10.6. The monoisotopic (exact) mass is 243 g/mol. The van der Waals surface area contributed by atoms with E-state index in [9.17, 15) is 4.79 Å². The molecule has 17 heavy (non-hydrogen) atoms. The van der Waals surface area contributed by atoms with Gasteiger partial charge in [0.25, 0.3) is 5.91 Å². The van der Waals surface area contributed by atoms with Crippen LogP contribution < -0.4 is 5.32 Å². The molecule has 1 aromatic carbocycles. The largest absolute Gasteiger partial charge is 0.321 e. The number of anilines is 1. The van der Waals surface area contributed by atoms with Gasteiger partial charge in [0.15, 0.2) is 0 Å². The summed E-state index contributed by atoms with van der Waals surface area (Å²) in [6.07, 6.45) is 1.73. The molecule has 0 spiro atoms. The van der Waals surface area contributed by atoms with Gasteiger partial charge in [-0.1, -0.05) is 6.07 Å². The molecule has 0 radical (unpaired) electrons. The lowest BCUT2D eigenvalue weighted by atomic mass is 10.1. The number of carbonyl (C=O) groups excluding carboxylic acids is 1. The molecule has 84 valence electrons. The summed E-state index contributed by atoms with van der Waals surface area (Å²) in [6.45, 7) is 0. The van der Waals surface area contributed by atoms with Crippen LogP contribution in [0.1, 0.15) is 10.4 Å². The molecular weight excluding hydrogens is 234 g/mol. The second-order valence-corrected chi connectivity index (χ2v) is 4.42. The Bertz CT molecular complexity index is 657. The lowest BCUT2D eigenvalue weighted by Crippen LogP contribution is -2.10. The molecule has 5 heteroatoms. The van der Waals surface area contributed by atoms with Crippen molar-refractivity contribution in [3.63, 3.8) is 0 Å². The first-order valence-corrected chi connectivity index (χ1v) is 6.04. The fourth-order valence-corrected chi connectivity index (χ4v) is 2.20. The summed E-state index contributed by atoms with van der Waals surface area (Å²) in [6, 6.07) is 7.34. The van der Waals surface area contributed by atoms with Crippen molar-refractivity contribution in [2.24, 2.45) is 0 Å². The molecule has 1 amide bonds. The predicted molar refractivity (Wildman–Crippen MR) is 68.4 cm³/mol. The Morgan fingerprint density at radius 2 is 2.29 bits per heavy atom. The molecule has 4 nitrogen and oxygen atoms in total. The summed E-state index contributed by atoms with van der Waals surface area (Å²) in [5.74, 6) is -0.111. The predicted octanol–water partition coefficient (Wildman–Crippen LogP) is 2.88. The zero-order chi connectivity index (χ0) is 11.7. The van der Waals surface area contributed by atoms with E-state index < -0.39 is 0 Å². The van der Waals surface area contributed by atoms with E-state index >= 15 is 0 Å². The van der Waals surface area contributed by atoms with Crippen LogP contribution in [0.3, 0.4) is 0 Å². The van der Waals surface area contributed by atoms with Gasteiger partial charge in [-0.2, -0.15) is 16.4 Å². The van der Waals surface area contributed by atoms with Gasteiger partial charge in [-0.15, -0.1) is 0 Å². The molecule has 0 aliphatic heterocycles. The number of aromatic nitrogens is 2. The molecular formula is C12H9N3OS. The van der Waals surface area contributed by atoms with Crippen LogP contribution in [-0.4, -0.2) is 16.1 Å². The van der Waals surface area contributed by atoms with Crippen molar-refractivity contribution in [2.45, 2.75) is 0 Å². The highest BCUT2D eigenvalue weighted by Crippen LogP contribution is 2.16. The summed E-state index contributed by atoms with van der Waals surface area (Å²) in [5.41, 5.74) is 2.31. The molecule has 0 saturated carbocycles. The second kappa shape index (κ2) is 4.03. The van der Waals surface area contributed by atoms with Gasteiger partial charge in [-0.3, -0.25) is 9.89 Å². The minimum Gasteiger partial charge on any atom is -0.321 e. The topological polar surface area (TPSA) is 57.8 Å². The average molecular weight is 243 g/mol. The number of benzene rings is 1. The Kier molecular flexibility index (Phi) is 2.38. The first kappa shape index (κ1) is 10.0. The summed E-state index contributed by atoms with van der Waals surface area (Å²) in [7, 11) is 0. The van der Waals surface area contributed by atoms with Crippen LogP contribution in [0.2, 0.25) is 0 Å². The van der Waals surface area contributed by atoms with Crippen molar-refractivity contribution in [1.82, 2.24) is 10.2 Å². The van der Waals surface area contributed by atoms with Gasteiger partial charge in [0, 0.05) is 16.3 Å². The number of nitrogens with one attached hydrogen (secondary N) is 2. The van der Waals surface area contributed by atoms with Gasteiger partial charge in [0.2, 0.25) is 0 Å².